The van der Waals surface area contributed by atoms with Crippen molar-refractivity contribution in [2.45, 2.75) is 47.5 Å². The lowest BCUT2D eigenvalue weighted by molar-refractivity contribution is 0.820. The van der Waals surface area contributed by atoms with Crippen LogP contribution in [-0.4, -0.2) is 4.98 Å². The Kier molecular flexibility index (Phi) is 5.14. The van der Waals surface area contributed by atoms with Crippen LogP contribution in [0, 0.1) is 13.8 Å². The Bertz CT molecular complexity index is 226. The van der Waals surface area contributed by atoms with E-state index >= 15 is 0 Å². The van der Waals surface area contributed by atoms with E-state index in [1.165, 1.54) is 15.6 Å². The molecule has 0 aromatic carbocycles. The number of hydrogen-bond acceptors (Lipinski definition) is 2. The standard InChI is InChI=1S/C8H13NS.C2H6/c1-5(2)8-6(3)10-7(4)9-8;1-2/h5H,1-4H3;1-2H3. The summed E-state index contributed by atoms with van der Waals surface area (Å²) in [6.07, 6.45) is 0. The molecule has 0 bridgehead atoms. The second-order valence-corrected chi connectivity index (χ2v) is 4.24. The highest BCUT2D eigenvalue weighted by molar-refractivity contribution is 7.11. The van der Waals surface area contributed by atoms with Crippen LogP contribution in [0.15, 0.2) is 0 Å². The summed E-state index contributed by atoms with van der Waals surface area (Å²) in [5.41, 5.74) is 1.27. The first-order chi connectivity index (χ1) is 5.61. The first-order valence-corrected chi connectivity index (χ1v) is 5.37. The molecular weight excluding hydrogens is 166 g/mol. The molecule has 0 aliphatic rings. The maximum absolute atomic E-state index is 4.43. The van der Waals surface area contributed by atoms with E-state index in [1.807, 2.05) is 13.8 Å². The van der Waals surface area contributed by atoms with Gasteiger partial charge in [0.25, 0.3) is 0 Å². The zero-order chi connectivity index (χ0) is 9.72. The van der Waals surface area contributed by atoms with Crippen LogP contribution in [0.5, 0.6) is 0 Å². The average Bonchev–Trinajstić information content (AvgIpc) is 2.34. The zero-order valence-corrected chi connectivity index (χ0v) is 9.75. The average molecular weight is 185 g/mol. The number of nitrogens with zero attached hydrogens (tertiary/aromatic N) is 1. The van der Waals surface area contributed by atoms with Gasteiger partial charge in [0.05, 0.1) is 10.7 Å². The van der Waals surface area contributed by atoms with Crippen molar-refractivity contribution in [1.29, 1.82) is 0 Å². The molecular formula is C10H19NS. The van der Waals surface area contributed by atoms with Crippen LogP contribution in [0.1, 0.15) is 49.2 Å². The van der Waals surface area contributed by atoms with Crippen molar-refractivity contribution in [3.05, 3.63) is 15.6 Å². The minimum absolute atomic E-state index is 0.574. The molecule has 0 saturated carbocycles. The van der Waals surface area contributed by atoms with Crippen molar-refractivity contribution >= 4 is 11.3 Å². The summed E-state index contributed by atoms with van der Waals surface area (Å²) in [4.78, 5) is 5.80. The molecule has 1 heterocycles. The first kappa shape index (κ1) is 11.6. The third-order valence-electron chi connectivity index (χ3n) is 1.49. The van der Waals surface area contributed by atoms with Crippen molar-refractivity contribution in [2.75, 3.05) is 0 Å². The van der Waals surface area contributed by atoms with Crippen molar-refractivity contribution < 1.29 is 0 Å². The third kappa shape index (κ3) is 2.94. The highest BCUT2D eigenvalue weighted by Gasteiger charge is 2.07. The maximum Gasteiger partial charge on any atom is 0.0900 e. The summed E-state index contributed by atoms with van der Waals surface area (Å²) in [5, 5.41) is 1.18. The topological polar surface area (TPSA) is 12.9 Å². The Labute approximate surface area is 79.9 Å². The van der Waals surface area contributed by atoms with Crippen molar-refractivity contribution in [3.63, 3.8) is 0 Å². The second kappa shape index (κ2) is 5.31. The van der Waals surface area contributed by atoms with Gasteiger partial charge in [0.2, 0.25) is 0 Å². The molecule has 2 heteroatoms. The highest BCUT2D eigenvalue weighted by atomic mass is 32.1. The molecule has 0 unspecified atom stereocenters. The fraction of sp³-hybridized carbons (Fsp3) is 0.700. The van der Waals surface area contributed by atoms with Crippen LogP contribution in [0.2, 0.25) is 0 Å². The van der Waals surface area contributed by atoms with E-state index in [1.54, 1.807) is 11.3 Å². The molecule has 0 spiro atoms. The Hall–Kier alpha value is -0.370. The lowest BCUT2D eigenvalue weighted by atomic mass is 10.1. The van der Waals surface area contributed by atoms with Crippen LogP contribution >= 0.6 is 11.3 Å². The number of aryl methyl sites for hydroxylation is 2. The summed E-state index contributed by atoms with van der Waals surface area (Å²) in [6, 6.07) is 0. The number of aromatic nitrogens is 1. The van der Waals surface area contributed by atoms with Gasteiger partial charge in [0, 0.05) is 4.88 Å². The van der Waals surface area contributed by atoms with E-state index < -0.39 is 0 Å². The van der Waals surface area contributed by atoms with E-state index in [0.29, 0.717) is 5.92 Å². The van der Waals surface area contributed by atoms with E-state index in [9.17, 15) is 0 Å². The molecule has 0 radical (unpaired) electrons. The Morgan fingerprint density at radius 1 is 1.17 bits per heavy atom. The Morgan fingerprint density at radius 3 is 1.83 bits per heavy atom. The molecule has 0 saturated heterocycles. The lowest BCUT2D eigenvalue weighted by Gasteiger charge is -1.99. The van der Waals surface area contributed by atoms with E-state index in [2.05, 4.69) is 32.7 Å². The van der Waals surface area contributed by atoms with Crippen LogP contribution in [0.3, 0.4) is 0 Å². The normalized spacial score (nSPS) is 9.58. The third-order valence-corrected chi connectivity index (χ3v) is 2.39. The predicted molar refractivity (Wildman–Crippen MR) is 57.0 cm³/mol. The quantitative estimate of drug-likeness (QED) is 0.646. The van der Waals surface area contributed by atoms with Crippen LogP contribution in [0.4, 0.5) is 0 Å². The smallest absolute Gasteiger partial charge is 0.0900 e. The molecule has 0 atom stereocenters. The minimum atomic E-state index is 0.574. The molecule has 70 valence electrons. The number of hydrogen-bond donors (Lipinski definition) is 0. The summed E-state index contributed by atoms with van der Waals surface area (Å²) >= 11 is 1.79. The minimum Gasteiger partial charge on any atom is -0.246 e. The van der Waals surface area contributed by atoms with Crippen molar-refractivity contribution in [1.82, 2.24) is 4.98 Å². The van der Waals surface area contributed by atoms with Crippen molar-refractivity contribution in [3.8, 4) is 0 Å². The van der Waals surface area contributed by atoms with Crippen LogP contribution in [0.25, 0.3) is 0 Å². The predicted octanol–water partition coefficient (Wildman–Crippen LogP) is 3.91. The fourth-order valence-corrected chi connectivity index (χ4v) is 2.05. The molecule has 0 aliphatic heterocycles. The lowest BCUT2D eigenvalue weighted by Crippen LogP contribution is -1.89. The van der Waals surface area contributed by atoms with E-state index in [0.717, 1.165) is 0 Å². The zero-order valence-electron chi connectivity index (χ0n) is 8.93. The SMILES string of the molecule is CC.Cc1nc(C(C)C)c(C)s1. The monoisotopic (exact) mass is 185 g/mol. The number of rotatable bonds is 1. The van der Waals surface area contributed by atoms with Gasteiger partial charge in [-0.15, -0.1) is 11.3 Å². The molecule has 12 heavy (non-hydrogen) atoms. The van der Waals surface area contributed by atoms with E-state index in [4.69, 9.17) is 0 Å². The molecule has 1 aromatic heterocycles. The van der Waals surface area contributed by atoms with Gasteiger partial charge in [-0.05, 0) is 19.8 Å². The molecule has 1 aromatic rings. The van der Waals surface area contributed by atoms with Gasteiger partial charge < -0.3 is 0 Å². The van der Waals surface area contributed by atoms with Gasteiger partial charge in [-0.1, -0.05) is 27.7 Å². The number of thiazole rings is 1. The van der Waals surface area contributed by atoms with Gasteiger partial charge in [-0.25, -0.2) is 4.98 Å². The van der Waals surface area contributed by atoms with Crippen molar-refractivity contribution in [2.24, 2.45) is 0 Å². The molecule has 0 fully saturated rings. The highest BCUT2D eigenvalue weighted by Crippen LogP contribution is 2.22. The Balaban J connectivity index is 0.000000561. The largest absolute Gasteiger partial charge is 0.246 e. The van der Waals surface area contributed by atoms with Gasteiger partial charge in [-0.3, -0.25) is 0 Å². The summed E-state index contributed by atoms with van der Waals surface area (Å²) in [5.74, 6) is 0.574. The molecule has 1 nitrogen and oxygen atoms in total. The Morgan fingerprint density at radius 2 is 1.67 bits per heavy atom. The maximum atomic E-state index is 4.43. The molecule has 0 amide bonds. The van der Waals surface area contributed by atoms with Gasteiger partial charge >= 0.3 is 0 Å². The fourth-order valence-electron chi connectivity index (χ4n) is 1.08. The second-order valence-electron chi connectivity index (χ2n) is 2.83. The van der Waals surface area contributed by atoms with Gasteiger partial charge in [0.1, 0.15) is 0 Å². The first-order valence-electron chi connectivity index (χ1n) is 4.55. The van der Waals surface area contributed by atoms with Gasteiger partial charge in [0.15, 0.2) is 0 Å². The summed E-state index contributed by atoms with van der Waals surface area (Å²) in [7, 11) is 0. The molecule has 0 N–H and O–H groups in total. The summed E-state index contributed by atoms with van der Waals surface area (Å²) in [6.45, 7) is 12.6. The van der Waals surface area contributed by atoms with Gasteiger partial charge in [-0.2, -0.15) is 0 Å². The summed E-state index contributed by atoms with van der Waals surface area (Å²) < 4.78 is 0. The van der Waals surface area contributed by atoms with Crippen LogP contribution < -0.4 is 0 Å². The molecule has 1 rings (SSSR count). The molecule has 0 aliphatic carbocycles. The van der Waals surface area contributed by atoms with Crippen LogP contribution in [-0.2, 0) is 0 Å². The van der Waals surface area contributed by atoms with E-state index in [-0.39, 0.29) is 0 Å².